The molecule has 0 amide bonds. The molecule has 82 valence electrons. The van der Waals surface area contributed by atoms with E-state index in [1.165, 1.54) is 6.07 Å². The number of furan rings is 1. The Kier molecular flexibility index (Phi) is 1.79. The Bertz CT molecular complexity index is 557. The summed E-state index contributed by atoms with van der Waals surface area (Å²) in [7, 11) is 0. The Morgan fingerprint density at radius 2 is 2.31 bits per heavy atom. The van der Waals surface area contributed by atoms with E-state index in [0.717, 1.165) is 25.2 Å². The van der Waals surface area contributed by atoms with Gasteiger partial charge in [0, 0.05) is 13.0 Å². The molecule has 7 nitrogen and oxygen atoms in total. The van der Waals surface area contributed by atoms with Gasteiger partial charge in [-0.1, -0.05) is 0 Å². The maximum Gasteiger partial charge on any atom is 0.433 e. The van der Waals surface area contributed by atoms with Crippen LogP contribution in [-0.4, -0.2) is 19.7 Å². The van der Waals surface area contributed by atoms with Crippen LogP contribution in [0.25, 0.3) is 11.6 Å². The van der Waals surface area contributed by atoms with Crippen LogP contribution in [0.2, 0.25) is 0 Å². The first-order chi connectivity index (χ1) is 7.75. The fourth-order valence-electron chi connectivity index (χ4n) is 1.88. The Hall–Kier alpha value is -2.18. The number of hydrogen-bond donors (Lipinski definition) is 0. The lowest BCUT2D eigenvalue weighted by molar-refractivity contribution is -0.401. The van der Waals surface area contributed by atoms with Crippen LogP contribution in [-0.2, 0) is 13.0 Å². The molecule has 0 aliphatic carbocycles. The Morgan fingerprint density at radius 3 is 3.06 bits per heavy atom. The predicted molar refractivity (Wildman–Crippen MR) is 52.7 cm³/mol. The molecule has 3 rings (SSSR count). The largest absolute Gasteiger partial charge is 0.433 e. The molecule has 0 radical (unpaired) electrons. The molecule has 2 aromatic heterocycles. The summed E-state index contributed by atoms with van der Waals surface area (Å²) >= 11 is 0. The lowest BCUT2D eigenvalue weighted by atomic mass is 10.4. The Labute approximate surface area is 89.9 Å². The third kappa shape index (κ3) is 1.21. The average molecular weight is 220 g/mol. The van der Waals surface area contributed by atoms with Gasteiger partial charge < -0.3 is 8.98 Å². The summed E-state index contributed by atoms with van der Waals surface area (Å²) in [4.78, 5) is 9.92. The highest BCUT2D eigenvalue weighted by atomic mass is 16.6. The van der Waals surface area contributed by atoms with Crippen LogP contribution in [0.1, 0.15) is 12.2 Å². The minimum atomic E-state index is -0.565. The molecule has 0 aromatic carbocycles. The number of aryl methyl sites for hydroxylation is 1. The number of nitro groups is 1. The van der Waals surface area contributed by atoms with E-state index >= 15 is 0 Å². The highest BCUT2D eigenvalue weighted by Crippen LogP contribution is 2.27. The molecule has 1 aliphatic rings. The summed E-state index contributed by atoms with van der Waals surface area (Å²) in [6.45, 7) is 0.839. The summed E-state index contributed by atoms with van der Waals surface area (Å²) in [6.07, 6.45) is 1.93. The molecule has 16 heavy (non-hydrogen) atoms. The van der Waals surface area contributed by atoms with E-state index in [0.29, 0.717) is 11.6 Å². The highest BCUT2D eigenvalue weighted by molar-refractivity contribution is 5.49. The van der Waals surface area contributed by atoms with Crippen LogP contribution in [0, 0.1) is 10.1 Å². The van der Waals surface area contributed by atoms with E-state index in [2.05, 4.69) is 10.2 Å². The normalized spacial score (nSPS) is 14.0. The maximum atomic E-state index is 10.5. The second-order valence-corrected chi connectivity index (χ2v) is 3.59. The summed E-state index contributed by atoms with van der Waals surface area (Å²) in [5.41, 5.74) is 0. The molecule has 0 bridgehead atoms. The fourth-order valence-corrected chi connectivity index (χ4v) is 1.88. The molecule has 0 atom stereocenters. The van der Waals surface area contributed by atoms with Gasteiger partial charge in [-0.3, -0.25) is 10.1 Å². The van der Waals surface area contributed by atoms with E-state index in [1.54, 1.807) is 6.07 Å². The van der Waals surface area contributed by atoms with Crippen molar-refractivity contribution in [2.45, 2.75) is 19.4 Å². The maximum absolute atomic E-state index is 10.5. The summed E-state index contributed by atoms with van der Waals surface area (Å²) in [6, 6.07) is 2.87. The molecule has 0 N–H and O–H groups in total. The van der Waals surface area contributed by atoms with Gasteiger partial charge in [-0.2, -0.15) is 0 Å². The van der Waals surface area contributed by atoms with Crippen LogP contribution in [0.4, 0.5) is 5.88 Å². The minimum Gasteiger partial charge on any atom is -0.397 e. The lowest BCUT2D eigenvalue weighted by Gasteiger charge is -1.97. The first kappa shape index (κ1) is 9.08. The standard InChI is InChI=1S/C9H8N4O3/c14-13(15)8-4-3-6(16-8)9-11-10-7-2-1-5-12(7)9/h3-4H,1-2,5H2. The quantitative estimate of drug-likeness (QED) is 0.563. The van der Waals surface area contributed by atoms with Gasteiger partial charge >= 0.3 is 5.88 Å². The average Bonchev–Trinajstić information content (AvgIpc) is 2.92. The van der Waals surface area contributed by atoms with E-state index in [9.17, 15) is 10.1 Å². The van der Waals surface area contributed by atoms with Gasteiger partial charge in [-0.15, -0.1) is 10.2 Å². The van der Waals surface area contributed by atoms with Gasteiger partial charge in [-0.05, 0) is 12.5 Å². The van der Waals surface area contributed by atoms with Gasteiger partial charge in [0.25, 0.3) is 0 Å². The number of hydrogen-bond acceptors (Lipinski definition) is 5. The monoisotopic (exact) mass is 220 g/mol. The van der Waals surface area contributed by atoms with Crippen molar-refractivity contribution in [3.05, 3.63) is 28.1 Å². The zero-order valence-corrected chi connectivity index (χ0v) is 8.29. The van der Waals surface area contributed by atoms with E-state index in [-0.39, 0.29) is 5.88 Å². The SMILES string of the molecule is O=[N+]([O-])c1ccc(-c2nnc3n2CCC3)o1. The smallest absolute Gasteiger partial charge is 0.397 e. The third-order valence-corrected chi connectivity index (χ3v) is 2.60. The van der Waals surface area contributed by atoms with Crippen LogP contribution < -0.4 is 0 Å². The molecule has 0 spiro atoms. The second kappa shape index (κ2) is 3.16. The van der Waals surface area contributed by atoms with Crippen LogP contribution in [0.15, 0.2) is 16.5 Å². The van der Waals surface area contributed by atoms with Crippen LogP contribution in [0.3, 0.4) is 0 Å². The Balaban J connectivity index is 2.05. The van der Waals surface area contributed by atoms with Crippen molar-refractivity contribution in [1.82, 2.24) is 14.8 Å². The first-order valence-electron chi connectivity index (χ1n) is 4.92. The Morgan fingerprint density at radius 1 is 1.44 bits per heavy atom. The number of rotatable bonds is 2. The molecular weight excluding hydrogens is 212 g/mol. The first-order valence-corrected chi connectivity index (χ1v) is 4.92. The van der Waals surface area contributed by atoms with Gasteiger partial charge in [-0.25, -0.2) is 0 Å². The van der Waals surface area contributed by atoms with E-state index in [4.69, 9.17) is 4.42 Å². The van der Waals surface area contributed by atoms with Crippen molar-refractivity contribution in [3.8, 4) is 11.6 Å². The molecular formula is C9H8N4O3. The van der Waals surface area contributed by atoms with Crippen LogP contribution in [0.5, 0.6) is 0 Å². The summed E-state index contributed by atoms with van der Waals surface area (Å²) in [5, 5.41) is 18.5. The fraction of sp³-hybridized carbons (Fsp3) is 0.333. The molecule has 0 saturated carbocycles. The molecule has 0 unspecified atom stereocenters. The lowest BCUT2D eigenvalue weighted by Crippen LogP contribution is -1.95. The molecule has 0 fully saturated rings. The molecule has 1 aliphatic heterocycles. The van der Waals surface area contributed by atoms with Gasteiger partial charge in [0.15, 0.2) is 11.6 Å². The van der Waals surface area contributed by atoms with E-state index < -0.39 is 4.92 Å². The zero-order valence-electron chi connectivity index (χ0n) is 8.29. The van der Waals surface area contributed by atoms with Crippen molar-refractivity contribution < 1.29 is 9.34 Å². The van der Waals surface area contributed by atoms with Gasteiger partial charge in [0.1, 0.15) is 10.7 Å². The van der Waals surface area contributed by atoms with Crippen molar-refractivity contribution in [2.24, 2.45) is 0 Å². The molecule has 7 heteroatoms. The topological polar surface area (TPSA) is 87.0 Å². The zero-order chi connectivity index (χ0) is 11.1. The highest BCUT2D eigenvalue weighted by Gasteiger charge is 2.22. The van der Waals surface area contributed by atoms with Crippen molar-refractivity contribution in [1.29, 1.82) is 0 Å². The number of nitrogens with zero attached hydrogens (tertiary/aromatic N) is 4. The van der Waals surface area contributed by atoms with Crippen molar-refractivity contribution in [2.75, 3.05) is 0 Å². The number of aromatic nitrogens is 3. The molecule has 2 aromatic rings. The van der Waals surface area contributed by atoms with Crippen LogP contribution >= 0.6 is 0 Å². The molecule has 0 saturated heterocycles. The van der Waals surface area contributed by atoms with Gasteiger partial charge in [0.2, 0.25) is 0 Å². The third-order valence-electron chi connectivity index (χ3n) is 2.60. The van der Waals surface area contributed by atoms with Gasteiger partial charge in [0.05, 0.1) is 6.07 Å². The minimum absolute atomic E-state index is 0.273. The number of fused-ring (bicyclic) bond motifs is 1. The van der Waals surface area contributed by atoms with E-state index in [1.807, 2.05) is 4.57 Å². The van der Waals surface area contributed by atoms with Crippen molar-refractivity contribution >= 4 is 5.88 Å². The van der Waals surface area contributed by atoms with Crippen molar-refractivity contribution in [3.63, 3.8) is 0 Å². The second-order valence-electron chi connectivity index (χ2n) is 3.59. The molecule has 3 heterocycles. The summed E-state index contributed by atoms with van der Waals surface area (Å²) in [5.74, 6) is 1.60. The predicted octanol–water partition coefficient (Wildman–Crippen LogP) is 1.39. The summed E-state index contributed by atoms with van der Waals surface area (Å²) < 4.78 is 7.03.